The van der Waals surface area contributed by atoms with Gasteiger partial charge in [0.2, 0.25) is 0 Å². The molecule has 2 N–H and O–H groups in total. The summed E-state index contributed by atoms with van der Waals surface area (Å²) in [7, 11) is 0. The van der Waals surface area contributed by atoms with E-state index in [2.05, 4.69) is 10.3 Å². The highest BCUT2D eigenvalue weighted by atomic mass is 32.1. The Bertz CT molecular complexity index is 925. The number of aliphatic hydroxyl groups excluding tert-OH is 1. The number of ether oxygens (including phenoxy) is 1. The van der Waals surface area contributed by atoms with E-state index in [1.165, 1.54) is 0 Å². The van der Waals surface area contributed by atoms with Gasteiger partial charge in [0, 0.05) is 17.7 Å². The van der Waals surface area contributed by atoms with Gasteiger partial charge in [0.15, 0.2) is 10.9 Å². The maximum atomic E-state index is 13.0. The van der Waals surface area contributed by atoms with Crippen LogP contribution in [0.4, 0.5) is 0 Å². The summed E-state index contributed by atoms with van der Waals surface area (Å²) >= 11 is 5.34. The van der Waals surface area contributed by atoms with Crippen LogP contribution in [0, 0.1) is 5.92 Å². The first kappa shape index (κ1) is 17.8. The SMILES string of the molecule is O=C1c2ccccc2C2=NC(=S)NC(c3cccc(OCCCCO)c3)C12. The Hall–Kier alpha value is -2.57. The van der Waals surface area contributed by atoms with Gasteiger partial charge in [-0.25, -0.2) is 4.99 Å². The summed E-state index contributed by atoms with van der Waals surface area (Å²) in [6.07, 6.45) is 1.51. The molecule has 2 aromatic carbocycles. The Kier molecular flexibility index (Phi) is 5.01. The van der Waals surface area contributed by atoms with Crippen molar-refractivity contribution in [3.8, 4) is 5.75 Å². The lowest BCUT2D eigenvalue weighted by atomic mass is 9.87. The summed E-state index contributed by atoms with van der Waals surface area (Å²) < 4.78 is 5.78. The van der Waals surface area contributed by atoms with E-state index in [1.54, 1.807) is 0 Å². The zero-order valence-electron chi connectivity index (χ0n) is 14.7. The Morgan fingerprint density at radius 2 is 1.93 bits per heavy atom. The standard InChI is InChI=1S/C21H20N2O3S/c24-10-3-4-11-26-14-7-5-6-13(12-14)18-17-19(23-21(27)22-18)15-8-1-2-9-16(15)20(17)25/h1-2,5-9,12,17-18,24H,3-4,10-11H2,(H,22,27). The minimum Gasteiger partial charge on any atom is -0.494 e. The van der Waals surface area contributed by atoms with Gasteiger partial charge in [-0.1, -0.05) is 36.4 Å². The Balaban J connectivity index is 1.63. The topological polar surface area (TPSA) is 70.9 Å². The van der Waals surface area contributed by atoms with Gasteiger partial charge in [-0.05, 0) is 42.8 Å². The highest BCUT2D eigenvalue weighted by Crippen LogP contribution is 2.38. The van der Waals surface area contributed by atoms with Crippen LogP contribution >= 0.6 is 12.2 Å². The van der Waals surface area contributed by atoms with Crippen molar-refractivity contribution < 1.29 is 14.6 Å². The third-order valence-electron chi connectivity index (χ3n) is 4.92. The Morgan fingerprint density at radius 3 is 2.74 bits per heavy atom. The molecule has 0 radical (unpaired) electrons. The molecule has 1 aliphatic heterocycles. The fourth-order valence-electron chi connectivity index (χ4n) is 3.66. The maximum Gasteiger partial charge on any atom is 0.193 e. The normalized spacial score (nSPS) is 20.6. The summed E-state index contributed by atoms with van der Waals surface area (Å²) in [5.74, 6) is 0.419. The second kappa shape index (κ2) is 7.58. The van der Waals surface area contributed by atoms with Gasteiger partial charge in [-0.3, -0.25) is 4.79 Å². The molecule has 0 saturated carbocycles. The fourth-order valence-corrected chi connectivity index (χ4v) is 3.88. The number of benzene rings is 2. The maximum absolute atomic E-state index is 13.0. The molecular weight excluding hydrogens is 360 g/mol. The number of rotatable bonds is 6. The molecule has 27 heavy (non-hydrogen) atoms. The smallest absolute Gasteiger partial charge is 0.193 e. The van der Waals surface area contributed by atoms with Crippen LogP contribution in [0.15, 0.2) is 53.5 Å². The number of carbonyl (C=O) groups is 1. The molecule has 6 heteroatoms. The zero-order chi connectivity index (χ0) is 18.8. The van der Waals surface area contributed by atoms with Gasteiger partial charge in [0.05, 0.1) is 24.3 Å². The van der Waals surface area contributed by atoms with Crippen LogP contribution in [-0.2, 0) is 0 Å². The second-order valence-corrected chi connectivity index (χ2v) is 7.05. The molecule has 0 bridgehead atoms. The predicted octanol–water partition coefficient (Wildman–Crippen LogP) is 3.07. The van der Waals surface area contributed by atoms with Crippen molar-refractivity contribution in [2.45, 2.75) is 18.9 Å². The summed E-state index contributed by atoms with van der Waals surface area (Å²) in [6, 6.07) is 15.0. The number of hydrogen-bond acceptors (Lipinski definition) is 4. The summed E-state index contributed by atoms with van der Waals surface area (Å²) in [4.78, 5) is 17.5. The van der Waals surface area contributed by atoms with E-state index in [-0.39, 0.29) is 18.4 Å². The largest absolute Gasteiger partial charge is 0.494 e. The number of fused-ring (bicyclic) bond motifs is 3. The Morgan fingerprint density at radius 1 is 1.11 bits per heavy atom. The van der Waals surface area contributed by atoms with Crippen LogP contribution in [0.25, 0.3) is 0 Å². The van der Waals surface area contributed by atoms with Crippen LogP contribution in [-0.4, -0.2) is 34.9 Å². The van der Waals surface area contributed by atoms with Gasteiger partial charge < -0.3 is 15.2 Å². The number of aliphatic hydroxyl groups is 1. The van der Waals surface area contributed by atoms with Crippen molar-refractivity contribution in [1.29, 1.82) is 0 Å². The monoisotopic (exact) mass is 380 g/mol. The van der Waals surface area contributed by atoms with Gasteiger partial charge in [0.25, 0.3) is 0 Å². The predicted molar refractivity (Wildman–Crippen MR) is 108 cm³/mol. The molecule has 5 nitrogen and oxygen atoms in total. The van der Waals surface area contributed by atoms with E-state index in [4.69, 9.17) is 22.1 Å². The molecule has 2 aliphatic rings. The number of ketones is 1. The van der Waals surface area contributed by atoms with Crippen LogP contribution in [0.3, 0.4) is 0 Å². The number of unbranched alkanes of at least 4 members (excludes halogenated alkanes) is 1. The van der Waals surface area contributed by atoms with E-state index in [1.807, 2.05) is 48.5 Å². The molecular formula is C21H20N2O3S. The van der Waals surface area contributed by atoms with Gasteiger partial charge in [-0.15, -0.1) is 0 Å². The van der Waals surface area contributed by atoms with Crippen LogP contribution in [0.1, 0.15) is 40.4 Å². The lowest BCUT2D eigenvalue weighted by Gasteiger charge is -2.29. The molecule has 2 atom stereocenters. The van der Waals surface area contributed by atoms with Crippen molar-refractivity contribution in [3.05, 3.63) is 65.2 Å². The van der Waals surface area contributed by atoms with E-state index in [0.29, 0.717) is 23.7 Å². The van der Waals surface area contributed by atoms with E-state index in [0.717, 1.165) is 29.0 Å². The number of hydrogen-bond donors (Lipinski definition) is 2. The first-order chi connectivity index (χ1) is 13.2. The average molecular weight is 380 g/mol. The molecule has 1 aliphatic carbocycles. The van der Waals surface area contributed by atoms with Crippen molar-refractivity contribution >= 4 is 28.8 Å². The molecule has 0 saturated heterocycles. The number of nitrogens with one attached hydrogen (secondary N) is 1. The second-order valence-electron chi connectivity index (χ2n) is 6.66. The molecule has 138 valence electrons. The summed E-state index contributed by atoms with van der Waals surface area (Å²) in [5, 5.41) is 12.5. The average Bonchev–Trinajstić information content (AvgIpc) is 2.97. The van der Waals surface area contributed by atoms with Crippen LogP contribution < -0.4 is 10.1 Å². The van der Waals surface area contributed by atoms with E-state index in [9.17, 15) is 4.79 Å². The zero-order valence-corrected chi connectivity index (χ0v) is 15.5. The highest BCUT2D eigenvalue weighted by Gasteiger charge is 2.44. The number of nitrogens with zero attached hydrogens (tertiary/aromatic N) is 1. The summed E-state index contributed by atoms with van der Waals surface area (Å²) in [5.41, 5.74) is 3.26. The third kappa shape index (κ3) is 3.38. The quantitative estimate of drug-likeness (QED) is 0.595. The first-order valence-corrected chi connectivity index (χ1v) is 9.46. The molecule has 1 heterocycles. The molecule has 0 amide bonds. The lowest BCUT2D eigenvalue weighted by Crippen LogP contribution is -2.41. The molecule has 4 rings (SSSR count). The molecule has 0 fully saturated rings. The van der Waals surface area contributed by atoms with E-state index < -0.39 is 5.92 Å². The third-order valence-corrected chi connectivity index (χ3v) is 5.13. The van der Waals surface area contributed by atoms with Crippen LogP contribution in [0.2, 0.25) is 0 Å². The number of carbonyl (C=O) groups excluding carboxylic acids is 1. The minimum atomic E-state index is -0.390. The molecule has 0 spiro atoms. The van der Waals surface area contributed by atoms with Crippen molar-refractivity contribution in [2.24, 2.45) is 10.9 Å². The lowest BCUT2D eigenvalue weighted by molar-refractivity contribution is 0.0944. The van der Waals surface area contributed by atoms with E-state index >= 15 is 0 Å². The molecule has 0 aromatic heterocycles. The Labute approximate surface area is 163 Å². The first-order valence-electron chi connectivity index (χ1n) is 9.05. The van der Waals surface area contributed by atoms with Gasteiger partial charge >= 0.3 is 0 Å². The van der Waals surface area contributed by atoms with Crippen molar-refractivity contribution in [3.63, 3.8) is 0 Å². The van der Waals surface area contributed by atoms with Gasteiger partial charge in [-0.2, -0.15) is 0 Å². The van der Waals surface area contributed by atoms with Crippen molar-refractivity contribution in [2.75, 3.05) is 13.2 Å². The number of thiocarbonyl (C=S) groups is 1. The van der Waals surface area contributed by atoms with Crippen LogP contribution in [0.5, 0.6) is 5.75 Å². The number of Topliss-reactive ketones (excluding diaryl/α,β-unsaturated/α-hetero) is 1. The number of aliphatic imine (C=N–C) groups is 1. The minimum absolute atomic E-state index is 0.0682. The van der Waals surface area contributed by atoms with Gasteiger partial charge in [0.1, 0.15) is 5.75 Å². The molecule has 2 aromatic rings. The van der Waals surface area contributed by atoms with Crippen molar-refractivity contribution in [1.82, 2.24) is 5.32 Å². The highest BCUT2D eigenvalue weighted by molar-refractivity contribution is 7.80. The molecule has 2 unspecified atom stereocenters. The summed E-state index contributed by atoms with van der Waals surface area (Å²) in [6.45, 7) is 0.709. The fraction of sp³-hybridized carbons (Fsp3) is 0.286.